The van der Waals surface area contributed by atoms with Gasteiger partial charge in [-0.3, -0.25) is 0 Å². The van der Waals surface area contributed by atoms with Crippen LogP contribution in [0.25, 0.3) is 11.7 Å². The van der Waals surface area contributed by atoms with Gasteiger partial charge in [0.25, 0.3) is 0 Å². The first kappa shape index (κ1) is 9.93. The molecule has 0 aliphatic carbocycles. The number of imidazole rings is 1. The van der Waals surface area contributed by atoms with Crippen LogP contribution in [0.2, 0.25) is 0 Å². The highest BCUT2D eigenvalue weighted by molar-refractivity contribution is 5.51. The Bertz CT molecular complexity index is 426. The summed E-state index contributed by atoms with van der Waals surface area (Å²) < 4.78 is 7.21. The number of pyridine rings is 1. The molecule has 0 N–H and O–H groups in total. The van der Waals surface area contributed by atoms with E-state index < -0.39 is 0 Å². The number of fused-ring (bicyclic) bond motifs is 1. The number of hydrogen-bond acceptors (Lipinski definition) is 2. The van der Waals surface area contributed by atoms with E-state index in [1.807, 2.05) is 54.1 Å². The number of aromatic nitrogens is 2. The van der Waals surface area contributed by atoms with Crippen molar-refractivity contribution >= 4 is 11.7 Å². The molecular weight excluding hydrogens is 188 g/mol. The van der Waals surface area contributed by atoms with Gasteiger partial charge in [-0.2, -0.15) is 0 Å². The van der Waals surface area contributed by atoms with E-state index in [9.17, 15) is 0 Å². The van der Waals surface area contributed by atoms with Crippen molar-refractivity contribution in [3.05, 3.63) is 42.4 Å². The second-order valence-electron chi connectivity index (χ2n) is 3.19. The lowest BCUT2D eigenvalue weighted by Crippen LogP contribution is -1.87. The van der Waals surface area contributed by atoms with Gasteiger partial charge in [-0.1, -0.05) is 12.1 Å². The van der Waals surface area contributed by atoms with Crippen LogP contribution in [0.1, 0.15) is 12.6 Å². The van der Waals surface area contributed by atoms with Gasteiger partial charge in [0.05, 0.1) is 12.3 Å². The van der Waals surface area contributed by atoms with Crippen LogP contribution in [0, 0.1) is 0 Å². The highest BCUT2D eigenvalue weighted by atomic mass is 16.5. The van der Waals surface area contributed by atoms with E-state index in [2.05, 4.69) is 4.98 Å². The minimum Gasteiger partial charge on any atom is -0.378 e. The zero-order chi connectivity index (χ0) is 10.5. The Balaban J connectivity index is 2.12. The van der Waals surface area contributed by atoms with Crippen molar-refractivity contribution in [3.8, 4) is 0 Å². The maximum Gasteiger partial charge on any atom is 0.137 e. The summed E-state index contributed by atoms with van der Waals surface area (Å²) in [5.41, 5.74) is 1.93. The average Bonchev–Trinajstić information content (AvgIpc) is 2.67. The molecule has 0 atom stereocenters. The van der Waals surface area contributed by atoms with E-state index in [0.717, 1.165) is 17.9 Å². The fraction of sp³-hybridized carbons (Fsp3) is 0.250. The third kappa shape index (κ3) is 2.44. The molecule has 2 aromatic heterocycles. The van der Waals surface area contributed by atoms with Gasteiger partial charge in [0.1, 0.15) is 5.65 Å². The molecule has 0 saturated heterocycles. The molecule has 2 aromatic rings. The summed E-state index contributed by atoms with van der Waals surface area (Å²) in [4.78, 5) is 4.43. The van der Waals surface area contributed by atoms with Crippen LogP contribution in [0.3, 0.4) is 0 Å². The smallest absolute Gasteiger partial charge is 0.137 e. The molecular formula is C12H14N2O. The Morgan fingerprint density at radius 1 is 1.47 bits per heavy atom. The second-order valence-corrected chi connectivity index (χ2v) is 3.19. The number of nitrogens with zero attached hydrogens (tertiary/aromatic N) is 2. The summed E-state index contributed by atoms with van der Waals surface area (Å²) in [6, 6.07) is 5.96. The molecule has 0 spiro atoms. The van der Waals surface area contributed by atoms with Crippen molar-refractivity contribution in [2.45, 2.75) is 6.92 Å². The Morgan fingerprint density at radius 2 is 2.40 bits per heavy atom. The zero-order valence-corrected chi connectivity index (χ0v) is 8.76. The first-order valence-electron chi connectivity index (χ1n) is 5.08. The van der Waals surface area contributed by atoms with Crippen molar-refractivity contribution in [3.63, 3.8) is 0 Å². The number of rotatable bonds is 4. The Labute approximate surface area is 89.0 Å². The normalized spacial score (nSPS) is 11.5. The van der Waals surface area contributed by atoms with Crippen LogP contribution in [0.4, 0.5) is 0 Å². The molecule has 0 unspecified atom stereocenters. The lowest BCUT2D eigenvalue weighted by atomic mass is 10.4. The molecule has 2 rings (SSSR count). The van der Waals surface area contributed by atoms with E-state index in [1.54, 1.807) is 0 Å². The predicted octanol–water partition coefficient (Wildman–Crippen LogP) is 2.38. The number of hydrogen-bond donors (Lipinski definition) is 0. The first-order valence-corrected chi connectivity index (χ1v) is 5.08. The molecule has 0 fully saturated rings. The van der Waals surface area contributed by atoms with Crippen LogP contribution in [0.5, 0.6) is 0 Å². The molecule has 3 heteroatoms. The van der Waals surface area contributed by atoms with Crippen molar-refractivity contribution < 1.29 is 4.74 Å². The van der Waals surface area contributed by atoms with E-state index in [4.69, 9.17) is 4.74 Å². The molecule has 78 valence electrons. The summed E-state index contributed by atoms with van der Waals surface area (Å²) in [6.07, 6.45) is 7.94. The molecule has 15 heavy (non-hydrogen) atoms. The molecule has 0 bridgehead atoms. The van der Waals surface area contributed by atoms with Crippen LogP contribution in [-0.2, 0) is 4.74 Å². The lowest BCUT2D eigenvalue weighted by molar-refractivity contribution is 0.178. The standard InChI is InChI=1S/C12H14N2O/c1-2-15-9-5-6-11-10-14-8-4-3-7-12(14)13-11/h3-8,10H,2,9H2,1H3/b6-5-. The molecule has 0 amide bonds. The minimum absolute atomic E-state index is 0.643. The predicted molar refractivity (Wildman–Crippen MR) is 60.7 cm³/mol. The van der Waals surface area contributed by atoms with Gasteiger partial charge in [-0.15, -0.1) is 0 Å². The fourth-order valence-electron chi connectivity index (χ4n) is 1.39. The van der Waals surface area contributed by atoms with Gasteiger partial charge >= 0.3 is 0 Å². The highest BCUT2D eigenvalue weighted by Gasteiger charge is 1.95. The molecule has 0 aliphatic rings. The van der Waals surface area contributed by atoms with Gasteiger partial charge < -0.3 is 9.14 Å². The Hall–Kier alpha value is -1.61. The lowest BCUT2D eigenvalue weighted by Gasteiger charge is -1.91. The Morgan fingerprint density at radius 3 is 3.20 bits per heavy atom. The van der Waals surface area contributed by atoms with Gasteiger partial charge in [0.15, 0.2) is 0 Å². The van der Waals surface area contributed by atoms with Gasteiger partial charge in [-0.25, -0.2) is 4.98 Å². The summed E-state index contributed by atoms with van der Waals surface area (Å²) in [7, 11) is 0. The zero-order valence-electron chi connectivity index (χ0n) is 8.76. The molecule has 0 aliphatic heterocycles. The van der Waals surface area contributed by atoms with Gasteiger partial charge in [0, 0.05) is 19.0 Å². The van der Waals surface area contributed by atoms with E-state index >= 15 is 0 Å². The van der Waals surface area contributed by atoms with Crippen LogP contribution in [-0.4, -0.2) is 22.6 Å². The molecule has 0 aromatic carbocycles. The molecule has 2 heterocycles. The van der Waals surface area contributed by atoms with Crippen molar-refractivity contribution in [1.29, 1.82) is 0 Å². The minimum atomic E-state index is 0.643. The largest absolute Gasteiger partial charge is 0.378 e. The van der Waals surface area contributed by atoms with Crippen LogP contribution < -0.4 is 0 Å². The number of ether oxygens (including phenoxy) is 1. The van der Waals surface area contributed by atoms with Crippen LogP contribution in [0.15, 0.2) is 36.7 Å². The summed E-state index contributed by atoms with van der Waals surface area (Å²) in [5.74, 6) is 0. The summed E-state index contributed by atoms with van der Waals surface area (Å²) in [5, 5.41) is 0. The quantitative estimate of drug-likeness (QED) is 0.712. The molecule has 0 saturated carbocycles. The second kappa shape index (κ2) is 4.75. The maximum atomic E-state index is 5.21. The monoisotopic (exact) mass is 202 g/mol. The third-order valence-corrected chi connectivity index (χ3v) is 2.09. The topological polar surface area (TPSA) is 26.5 Å². The van der Waals surface area contributed by atoms with Gasteiger partial charge in [-0.05, 0) is 25.1 Å². The van der Waals surface area contributed by atoms with Gasteiger partial charge in [0.2, 0.25) is 0 Å². The maximum absolute atomic E-state index is 5.21. The van der Waals surface area contributed by atoms with Crippen LogP contribution >= 0.6 is 0 Å². The fourth-order valence-corrected chi connectivity index (χ4v) is 1.39. The van der Waals surface area contributed by atoms with Crippen molar-refractivity contribution in [2.75, 3.05) is 13.2 Å². The average molecular weight is 202 g/mol. The summed E-state index contributed by atoms with van der Waals surface area (Å²) >= 11 is 0. The van der Waals surface area contributed by atoms with E-state index in [0.29, 0.717) is 6.61 Å². The Kier molecular flexibility index (Phi) is 3.15. The van der Waals surface area contributed by atoms with E-state index in [-0.39, 0.29) is 0 Å². The van der Waals surface area contributed by atoms with Crippen molar-refractivity contribution in [2.24, 2.45) is 0 Å². The molecule has 0 radical (unpaired) electrons. The highest BCUT2D eigenvalue weighted by Crippen LogP contribution is 2.05. The first-order chi connectivity index (χ1) is 7.40. The SMILES string of the molecule is CCOC/C=C\c1cn2ccccc2n1. The molecule has 3 nitrogen and oxygen atoms in total. The summed E-state index contributed by atoms with van der Waals surface area (Å²) in [6.45, 7) is 3.37. The van der Waals surface area contributed by atoms with Crippen molar-refractivity contribution in [1.82, 2.24) is 9.38 Å². The van der Waals surface area contributed by atoms with E-state index in [1.165, 1.54) is 0 Å². The third-order valence-electron chi connectivity index (χ3n) is 2.09.